The number of ether oxygens (including phenoxy) is 3. The second-order valence-electron chi connectivity index (χ2n) is 8.04. The first-order valence-electron chi connectivity index (χ1n) is 10.6. The van der Waals surface area contributed by atoms with Gasteiger partial charge in [0.1, 0.15) is 5.82 Å². The monoisotopic (exact) mass is 442 g/mol. The Morgan fingerprint density at radius 2 is 1.62 bits per heavy atom. The number of piperazine rings is 1. The average Bonchev–Trinajstić information content (AvgIpc) is 2.80. The summed E-state index contributed by atoms with van der Waals surface area (Å²) < 4.78 is 29.3. The molecule has 0 saturated carbocycles. The van der Waals surface area contributed by atoms with Crippen LogP contribution in [0.4, 0.5) is 4.39 Å². The van der Waals surface area contributed by atoms with E-state index in [9.17, 15) is 9.18 Å². The van der Waals surface area contributed by atoms with Crippen molar-refractivity contribution in [3.63, 3.8) is 0 Å². The standard InChI is InChI=1S/C25H31FN2O4/c1-17-15-28(18(2)14-27(17)16-19-6-9-21(26)10-7-19)24(29)11-8-20-12-22(30-3)25(32-5)23(13-20)31-4/h6-13,17-18H,14-16H2,1-5H3/t17-,18+/m0/s1. The molecule has 1 aliphatic rings. The molecule has 2 aromatic rings. The molecule has 0 N–H and O–H groups in total. The molecule has 1 aliphatic heterocycles. The third-order valence-electron chi connectivity index (χ3n) is 5.80. The molecule has 172 valence electrons. The molecule has 0 radical (unpaired) electrons. The van der Waals surface area contributed by atoms with E-state index in [4.69, 9.17) is 14.2 Å². The highest BCUT2D eigenvalue weighted by Gasteiger charge is 2.31. The van der Waals surface area contributed by atoms with Crippen molar-refractivity contribution in [3.05, 3.63) is 59.4 Å². The molecule has 0 aliphatic carbocycles. The highest BCUT2D eigenvalue weighted by atomic mass is 19.1. The van der Waals surface area contributed by atoms with E-state index in [2.05, 4.69) is 18.7 Å². The van der Waals surface area contributed by atoms with Gasteiger partial charge in [-0.05, 0) is 55.3 Å². The third kappa shape index (κ3) is 5.40. The minimum atomic E-state index is -0.232. The molecule has 1 saturated heterocycles. The maximum absolute atomic E-state index is 13.2. The summed E-state index contributed by atoms with van der Waals surface area (Å²) in [5.74, 6) is 1.31. The van der Waals surface area contributed by atoms with Gasteiger partial charge in [-0.25, -0.2) is 4.39 Å². The molecule has 2 aromatic carbocycles. The molecule has 0 unspecified atom stereocenters. The van der Waals surface area contributed by atoms with Crippen molar-refractivity contribution in [1.29, 1.82) is 0 Å². The normalized spacial score (nSPS) is 19.2. The second kappa shape index (κ2) is 10.5. The number of carbonyl (C=O) groups excluding carboxylic acids is 1. The lowest BCUT2D eigenvalue weighted by atomic mass is 10.1. The van der Waals surface area contributed by atoms with Gasteiger partial charge in [-0.15, -0.1) is 0 Å². The molecule has 7 heteroatoms. The Hall–Kier alpha value is -3.06. The first kappa shape index (κ1) is 23.6. The zero-order valence-electron chi connectivity index (χ0n) is 19.3. The van der Waals surface area contributed by atoms with E-state index in [0.29, 0.717) is 23.8 Å². The molecule has 1 amide bonds. The SMILES string of the molecule is COc1cc(C=CC(=O)N2C[C@H](C)N(Cc3ccc(F)cc3)C[C@H]2C)cc(OC)c1OC. The fourth-order valence-electron chi connectivity index (χ4n) is 4.01. The number of nitrogens with zero attached hydrogens (tertiary/aromatic N) is 2. The Balaban J connectivity index is 1.68. The van der Waals surface area contributed by atoms with Gasteiger partial charge in [0.05, 0.1) is 21.3 Å². The highest BCUT2D eigenvalue weighted by Crippen LogP contribution is 2.38. The molecule has 0 spiro atoms. The van der Waals surface area contributed by atoms with Crippen molar-refractivity contribution in [2.45, 2.75) is 32.5 Å². The maximum Gasteiger partial charge on any atom is 0.246 e. The molecule has 6 nitrogen and oxygen atoms in total. The average molecular weight is 443 g/mol. The van der Waals surface area contributed by atoms with Crippen LogP contribution in [0.2, 0.25) is 0 Å². The first-order chi connectivity index (χ1) is 15.4. The van der Waals surface area contributed by atoms with Crippen LogP contribution in [0.1, 0.15) is 25.0 Å². The third-order valence-corrected chi connectivity index (χ3v) is 5.80. The predicted molar refractivity (Wildman–Crippen MR) is 123 cm³/mol. The molecule has 1 heterocycles. The molecule has 1 fully saturated rings. The number of methoxy groups -OCH3 is 3. The number of amides is 1. The number of hydrogen-bond donors (Lipinski definition) is 0. The van der Waals surface area contributed by atoms with E-state index in [1.54, 1.807) is 45.6 Å². The van der Waals surface area contributed by atoms with Crippen molar-refractivity contribution in [1.82, 2.24) is 9.80 Å². The lowest BCUT2D eigenvalue weighted by Crippen LogP contribution is -2.57. The summed E-state index contributed by atoms with van der Waals surface area (Å²) >= 11 is 0. The van der Waals surface area contributed by atoms with E-state index >= 15 is 0 Å². The number of carbonyl (C=O) groups is 1. The van der Waals surface area contributed by atoms with Crippen molar-refractivity contribution in [2.24, 2.45) is 0 Å². The van der Waals surface area contributed by atoms with Crippen LogP contribution in [0.5, 0.6) is 17.2 Å². The van der Waals surface area contributed by atoms with Crippen LogP contribution in [0.15, 0.2) is 42.5 Å². The van der Waals surface area contributed by atoms with Crippen LogP contribution in [-0.4, -0.2) is 62.2 Å². The van der Waals surface area contributed by atoms with Crippen molar-refractivity contribution in [2.75, 3.05) is 34.4 Å². The summed E-state index contributed by atoms with van der Waals surface area (Å²) in [6.45, 7) is 6.27. The molecule has 0 aromatic heterocycles. The maximum atomic E-state index is 13.2. The summed E-state index contributed by atoms with van der Waals surface area (Å²) in [6.07, 6.45) is 3.34. The summed E-state index contributed by atoms with van der Waals surface area (Å²) in [5.41, 5.74) is 1.84. The zero-order chi connectivity index (χ0) is 23.3. The summed E-state index contributed by atoms with van der Waals surface area (Å²) in [5, 5.41) is 0. The fourth-order valence-corrected chi connectivity index (χ4v) is 4.01. The van der Waals surface area contributed by atoms with E-state index in [0.717, 1.165) is 24.2 Å². The van der Waals surface area contributed by atoms with Crippen LogP contribution in [0, 0.1) is 5.82 Å². The van der Waals surface area contributed by atoms with E-state index in [-0.39, 0.29) is 23.8 Å². The quantitative estimate of drug-likeness (QED) is 0.607. The summed E-state index contributed by atoms with van der Waals surface area (Å²) in [7, 11) is 4.67. The van der Waals surface area contributed by atoms with Gasteiger partial charge in [-0.2, -0.15) is 0 Å². The highest BCUT2D eigenvalue weighted by molar-refractivity contribution is 5.92. The van der Waals surface area contributed by atoms with Gasteiger partial charge in [0.25, 0.3) is 0 Å². The van der Waals surface area contributed by atoms with Crippen LogP contribution in [0.25, 0.3) is 6.08 Å². The van der Waals surface area contributed by atoms with Gasteiger partial charge in [0.15, 0.2) is 11.5 Å². The van der Waals surface area contributed by atoms with Gasteiger partial charge in [0, 0.05) is 37.8 Å². The van der Waals surface area contributed by atoms with Gasteiger partial charge in [0.2, 0.25) is 11.7 Å². The fraction of sp³-hybridized carbons (Fsp3) is 0.400. The van der Waals surface area contributed by atoms with Gasteiger partial charge in [-0.1, -0.05) is 12.1 Å². The van der Waals surface area contributed by atoms with Gasteiger partial charge in [-0.3, -0.25) is 9.69 Å². The number of benzene rings is 2. The second-order valence-corrected chi connectivity index (χ2v) is 8.04. The largest absolute Gasteiger partial charge is 0.493 e. The van der Waals surface area contributed by atoms with Crippen LogP contribution < -0.4 is 14.2 Å². The zero-order valence-corrected chi connectivity index (χ0v) is 19.3. The Kier molecular flexibility index (Phi) is 7.75. The Morgan fingerprint density at radius 1 is 1.00 bits per heavy atom. The summed E-state index contributed by atoms with van der Waals surface area (Å²) in [6, 6.07) is 10.4. The van der Waals surface area contributed by atoms with Crippen molar-refractivity contribution in [3.8, 4) is 17.2 Å². The van der Waals surface area contributed by atoms with Crippen molar-refractivity contribution >= 4 is 12.0 Å². The molecule has 0 bridgehead atoms. The number of hydrogen-bond acceptors (Lipinski definition) is 5. The first-order valence-corrected chi connectivity index (χ1v) is 10.6. The Bertz CT molecular complexity index is 936. The van der Waals surface area contributed by atoms with Crippen LogP contribution >= 0.6 is 0 Å². The lowest BCUT2D eigenvalue weighted by Gasteiger charge is -2.44. The molecule has 2 atom stereocenters. The number of halogens is 1. The van der Waals surface area contributed by atoms with E-state index < -0.39 is 0 Å². The topological polar surface area (TPSA) is 51.2 Å². The van der Waals surface area contributed by atoms with Gasteiger partial charge < -0.3 is 19.1 Å². The molecular weight excluding hydrogens is 411 g/mol. The minimum absolute atomic E-state index is 0.0421. The van der Waals surface area contributed by atoms with Crippen molar-refractivity contribution < 1.29 is 23.4 Å². The smallest absolute Gasteiger partial charge is 0.246 e. The van der Waals surface area contributed by atoms with Crippen LogP contribution in [0.3, 0.4) is 0 Å². The molecular formula is C25H31FN2O4. The molecule has 3 rings (SSSR count). The molecule has 32 heavy (non-hydrogen) atoms. The minimum Gasteiger partial charge on any atom is -0.493 e. The predicted octanol–water partition coefficient (Wildman–Crippen LogP) is 3.99. The summed E-state index contributed by atoms with van der Waals surface area (Å²) in [4.78, 5) is 17.2. The van der Waals surface area contributed by atoms with E-state index in [1.165, 1.54) is 12.1 Å². The Labute approximate surface area is 189 Å². The lowest BCUT2D eigenvalue weighted by molar-refractivity contribution is -0.131. The van der Waals surface area contributed by atoms with Gasteiger partial charge >= 0.3 is 0 Å². The van der Waals surface area contributed by atoms with Crippen LogP contribution in [-0.2, 0) is 11.3 Å². The number of rotatable bonds is 7. The Morgan fingerprint density at radius 3 is 2.19 bits per heavy atom. The van der Waals surface area contributed by atoms with E-state index in [1.807, 2.05) is 17.0 Å².